The summed E-state index contributed by atoms with van der Waals surface area (Å²) in [5.74, 6) is 0.868. The van der Waals surface area contributed by atoms with Crippen molar-refractivity contribution in [2.75, 3.05) is 0 Å². The van der Waals surface area contributed by atoms with E-state index < -0.39 is 17.2 Å². The van der Waals surface area contributed by atoms with E-state index in [0.717, 1.165) is 12.8 Å². The van der Waals surface area contributed by atoms with Gasteiger partial charge in [0.25, 0.3) is 0 Å². The molecule has 1 heterocycles. The van der Waals surface area contributed by atoms with Crippen LogP contribution in [0.3, 0.4) is 0 Å². The van der Waals surface area contributed by atoms with Gasteiger partial charge in [0.2, 0.25) is 5.76 Å². The van der Waals surface area contributed by atoms with Crippen LogP contribution in [-0.2, 0) is 10.3 Å². The van der Waals surface area contributed by atoms with Crippen LogP contribution in [0, 0.1) is 11.3 Å². The molecule has 0 spiro atoms. The fourth-order valence-electron chi connectivity index (χ4n) is 1.71. The van der Waals surface area contributed by atoms with Crippen molar-refractivity contribution in [2.24, 2.45) is 0 Å². The Kier molecular flexibility index (Phi) is 2.81. The van der Waals surface area contributed by atoms with E-state index in [1.54, 1.807) is 12.1 Å². The van der Waals surface area contributed by atoms with Crippen molar-refractivity contribution in [1.29, 1.82) is 5.26 Å². The maximum absolute atomic E-state index is 11.7. The summed E-state index contributed by atoms with van der Waals surface area (Å²) in [7, 11) is 0. The van der Waals surface area contributed by atoms with Crippen LogP contribution in [0.2, 0.25) is 0 Å². The number of carbonyl (C=O) groups is 1. The Morgan fingerprint density at radius 3 is 2.61 bits per heavy atom. The van der Waals surface area contributed by atoms with Gasteiger partial charge in [-0.3, -0.25) is 0 Å². The average molecular weight is 248 g/mol. The van der Waals surface area contributed by atoms with Gasteiger partial charge in [-0.1, -0.05) is 0 Å². The van der Waals surface area contributed by atoms with E-state index in [1.807, 2.05) is 26.8 Å². The molecule has 0 aliphatic heterocycles. The first-order valence-electron chi connectivity index (χ1n) is 5.86. The third-order valence-corrected chi connectivity index (χ3v) is 2.68. The number of nitriles is 1. The molecule has 1 aliphatic carbocycles. The van der Waals surface area contributed by atoms with Crippen molar-refractivity contribution in [1.82, 2.24) is 5.32 Å². The van der Waals surface area contributed by atoms with Crippen LogP contribution >= 0.6 is 0 Å². The molecular formula is C13H16N2O3. The molecule has 0 atom stereocenters. The summed E-state index contributed by atoms with van der Waals surface area (Å²) < 4.78 is 10.6. The molecule has 0 bridgehead atoms. The van der Waals surface area contributed by atoms with Gasteiger partial charge in [-0.2, -0.15) is 5.26 Å². The fraction of sp³-hybridized carbons (Fsp3) is 0.538. The third-order valence-electron chi connectivity index (χ3n) is 2.68. The van der Waals surface area contributed by atoms with Gasteiger partial charge in [0, 0.05) is 0 Å². The minimum absolute atomic E-state index is 0.252. The molecule has 1 aliphatic rings. The molecule has 96 valence electrons. The Morgan fingerprint density at radius 2 is 2.17 bits per heavy atom. The van der Waals surface area contributed by atoms with Gasteiger partial charge >= 0.3 is 6.09 Å². The first-order valence-corrected chi connectivity index (χ1v) is 5.86. The van der Waals surface area contributed by atoms with Crippen molar-refractivity contribution in [3.63, 3.8) is 0 Å². The lowest BCUT2D eigenvalue weighted by molar-refractivity contribution is 0.0487. The van der Waals surface area contributed by atoms with E-state index in [-0.39, 0.29) is 5.76 Å². The van der Waals surface area contributed by atoms with Crippen LogP contribution in [0.15, 0.2) is 16.5 Å². The summed E-state index contributed by atoms with van der Waals surface area (Å²) in [5, 5.41) is 11.5. The molecular weight excluding hydrogens is 232 g/mol. The highest BCUT2D eigenvalue weighted by Gasteiger charge is 2.49. The Labute approximate surface area is 106 Å². The number of amides is 1. The third kappa shape index (κ3) is 2.65. The lowest BCUT2D eigenvalue weighted by Gasteiger charge is -2.22. The standard InChI is InChI=1S/C13H16N2O3/c1-12(2,3)18-11(16)15-13(6-7-13)10-5-4-9(8-14)17-10/h4-5H,6-7H2,1-3H3,(H,15,16). The number of ether oxygens (including phenoxy) is 1. The summed E-state index contributed by atoms with van der Waals surface area (Å²) in [4.78, 5) is 11.7. The molecule has 0 saturated heterocycles. The van der Waals surface area contributed by atoms with Crippen LogP contribution in [-0.4, -0.2) is 11.7 Å². The van der Waals surface area contributed by atoms with Gasteiger partial charge in [-0.25, -0.2) is 4.79 Å². The van der Waals surface area contributed by atoms with Gasteiger partial charge in [-0.15, -0.1) is 0 Å². The molecule has 1 aromatic rings. The van der Waals surface area contributed by atoms with E-state index in [0.29, 0.717) is 5.76 Å². The van der Waals surface area contributed by atoms with E-state index in [2.05, 4.69) is 5.32 Å². The van der Waals surface area contributed by atoms with E-state index in [9.17, 15) is 4.79 Å². The number of furan rings is 1. The van der Waals surface area contributed by atoms with E-state index >= 15 is 0 Å². The van der Waals surface area contributed by atoms with Gasteiger partial charge in [0.05, 0.1) is 0 Å². The zero-order valence-electron chi connectivity index (χ0n) is 10.7. The molecule has 0 radical (unpaired) electrons. The van der Waals surface area contributed by atoms with Crippen LogP contribution in [0.4, 0.5) is 4.79 Å². The summed E-state index contributed by atoms with van der Waals surface area (Å²) in [6.45, 7) is 5.44. The normalized spacial score (nSPS) is 16.8. The SMILES string of the molecule is CC(C)(C)OC(=O)NC1(c2ccc(C#N)o2)CC1. The Bertz CT molecular complexity index is 501. The quantitative estimate of drug-likeness (QED) is 0.873. The summed E-state index contributed by atoms with van der Waals surface area (Å²) >= 11 is 0. The summed E-state index contributed by atoms with van der Waals surface area (Å²) in [6, 6.07) is 5.26. The van der Waals surface area contributed by atoms with Gasteiger partial charge in [0.15, 0.2) is 0 Å². The van der Waals surface area contributed by atoms with Crippen molar-refractivity contribution in [2.45, 2.75) is 44.8 Å². The second-order valence-corrected chi connectivity index (χ2v) is 5.48. The van der Waals surface area contributed by atoms with Crippen LogP contribution in [0.1, 0.15) is 45.1 Å². The highest BCUT2D eigenvalue weighted by Crippen LogP contribution is 2.46. The molecule has 1 N–H and O–H groups in total. The first-order chi connectivity index (χ1) is 8.35. The molecule has 1 amide bonds. The fourth-order valence-corrected chi connectivity index (χ4v) is 1.71. The summed E-state index contributed by atoms with van der Waals surface area (Å²) in [6.07, 6.45) is 1.13. The number of nitrogens with zero attached hydrogens (tertiary/aromatic N) is 1. The topological polar surface area (TPSA) is 75.3 Å². The van der Waals surface area contributed by atoms with Gasteiger partial charge in [0.1, 0.15) is 23.0 Å². The lowest BCUT2D eigenvalue weighted by Crippen LogP contribution is -2.39. The highest BCUT2D eigenvalue weighted by molar-refractivity contribution is 5.69. The number of carbonyl (C=O) groups excluding carboxylic acids is 1. The zero-order valence-corrected chi connectivity index (χ0v) is 10.7. The Morgan fingerprint density at radius 1 is 1.50 bits per heavy atom. The number of rotatable bonds is 2. The molecule has 2 rings (SSSR count). The molecule has 5 nitrogen and oxygen atoms in total. The number of hydrogen-bond donors (Lipinski definition) is 1. The Hall–Kier alpha value is -1.96. The van der Waals surface area contributed by atoms with Crippen molar-refractivity contribution < 1.29 is 13.9 Å². The first kappa shape index (κ1) is 12.5. The van der Waals surface area contributed by atoms with Crippen molar-refractivity contribution >= 4 is 6.09 Å². The van der Waals surface area contributed by atoms with Crippen LogP contribution < -0.4 is 5.32 Å². The molecule has 1 aromatic heterocycles. The van der Waals surface area contributed by atoms with Gasteiger partial charge < -0.3 is 14.5 Å². The second kappa shape index (κ2) is 4.05. The average Bonchev–Trinajstić information content (AvgIpc) is 2.85. The van der Waals surface area contributed by atoms with E-state index in [4.69, 9.17) is 14.4 Å². The molecule has 1 fully saturated rings. The smallest absolute Gasteiger partial charge is 0.408 e. The maximum Gasteiger partial charge on any atom is 0.408 e. The molecule has 0 unspecified atom stereocenters. The van der Waals surface area contributed by atoms with Gasteiger partial charge in [-0.05, 0) is 45.7 Å². The lowest BCUT2D eigenvalue weighted by atomic mass is 10.2. The monoisotopic (exact) mass is 248 g/mol. The van der Waals surface area contributed by atoms with Crippen LogP contribution in [0.25, 0.3) is 0 Å². The number of alkyl carbamates (subject to hydrolysis) is 1. The predicted molar refractivity (Wildman–Crippen MR) is 63.7 cm³/mol. The Balaban J connectivity index is 2.05. The summed E-state index contributed by atoms with van der Waals surface area (Å²) in [5.41, 5.74) is -1.02. The largest absolute Gasteiger partial charge is 0.448 e. The molecule has 5 heteroatoms. The van der Waals surface area contributed by atoms with Crippen LogP contribution in [0.5, 0.6) is 0 Å². The number of nitrogens with one attached hydrogen (secondary N) is 1. The molecule has 18 heavy (non-hydrogen) atoms. The number of hydrogen-bond acceptors (Lipinski definition) is 4. The predicted octanol–water partition coefficient (Wildman–Crippen LogP) is 2.67. The minimum Gasteiger partial charge on any atom is -0.448 e. The molecule has 0 aromatic carbocycles. The second-order valence-electron chi connectivity index (χ2n) is 5.48. The van der Waals surface area contributed by atoms with Crippen molar-refractivity contribution in [3.05, 3.63) is 23.7 Å². The highest BCUT2D eigenvalue weighted by atomic mass is 16.6. The van der Waals surface area contributed by atoms with Crippen molar-refractivity contribution in [3.8, 4) is 6.07 Å². The maximum atomic E-state index is 11.7. The molecule has 1 saturated carbocycles. The zero-order chi connectivity index (χ0) is 13.4. The minimum atomic E-state index is -0.527. The van der Waals surface area contributed by atoms with E-state index in [1.165, 1.54) is 0 Å².